The molecule has 0 aromatic rings. The molecule has 0 N–H and O–H groups in total. The molecule has 0 radical (unpaired) electrons. The third-order valence-corrected chi connectivity index (χ3v) is 4.03. The summed E-state index contributed by atoms with van der Waals surface area (Å²) < 4.78 is 24.7. The second-order valence-electron chi connectivity index (χ2n) is 2.80. The van der Waals surface area contributed by atoms with Crippen LogP contribution < -0.4 is 0 Å². The third kappa shape index (κ3) is 1.47. The molecular weight excluding hydrogens is 208 g/mol. The first-order valence-electron chi connectivity index (χ1n) is 4.31. The zero-order chi connectivity index (χ0) is 10.9. The third-order valence-electron chi connectivity index (χ3n) is 1.99. The van der Waals surface area contributed by atoms with Gasteiger partial charge in [0.1, 0.15) is 6.42 Å². The molecule has 2 amide bonds. The lowest BCUT2D eigenvalue weighted by Crippen LogP contribution is -2.54. The van der Waals surface area contributed by atoms with Crippen LogP contribution in [0.25, 0.3) is 0 Å². The second-order valence-corrected chi connectivity index (χ2v) is 4.58. The van der Waals surface area contributed by atoms with Gasteiger partial charge in [0.15, 0.2) is 0 Å². The number of hydrogen-bond donors (Lipinski definition) is 0. The van der Waals surface area contributed by atoms with E-state index in [2.05, 4.69) is 0 Å². The van der Waals surface area contributed by atoms with Crippen LogP contribution in [0, 0.1) is 0 Å². The minimum Gasteiger partial charge on any atom is -0.273 e. The van der Waals surface area contributed by atoms with Crippen LogP contribution in [-0.4, -0.2) is 41.9 Å². The molecule has 0 spiro atoms. The van der Waals surface area contributed by atoms with E-state index in [4.69, 9.17) is 0 Å². The van der Waals surface area contributed by atoms with Gasteiger partial charge in [0.05, 0.1) is 0 Å². The second kappa shape index (κ2) is 3.56. The fraction of sp³-hybridized carbons (Fsp3) is 0.714. The molecule has 0 saturated carbocycles. The van der Waals surface area contributed by atoms with Crippen LogP contribution in [0.15, 0.2) is 0 Å². The molecule has 0 aliphatic carbocycles. The highest BCUT2D eigenvalue weighted by molar-refractivity contribution is 7.88. The molecule has 0 bridgehead atoms. The first kappa shape index (κ1) is 11.0. The van der Waals surface area contributed by atoms with Crippen molar-refractivity contribution < 1.29 is 18.0 Å². The topological polar surface area (TPSA) is 74.8 Å². The van der Waals surface area contributed by atoms with Crippen molar-refractivity contribution >= 4 is 22.0 Å². The van der Waals surface area contributed by atoms with Crippen LogP contribution in [0.2, 0.25) is 0 Å². The van der Waals surface area contributed by atoms with Crippen LogP contribution >= 0.6 is 0 Å². The smallest absolute Gasteiger partial charge is 0.273 e. The lowest BCUT2D eigenvalue weighted by molar-refractivity contribution is -0.137. The number of hydrogen-bond acceptors (Lipinski definition) is 4. The van der Waals surface area contributed by atoms with Crippen molar-refractivity contribution in [3.63, 3.8) is 0 Å². The summed E-state index contributed by atoms with van der Waals surface area (Å²) in [5, 5.41) is 0. The average Bonchev–Trinajstić information content (AvgIpc) is 2.02. The molecular formula is C7H12N2O4S. The van der Waals surface area contributed by atoms with E-state index in [1.54, 1.807) is 13.8 Å². The summed E-state index contributed by atoms with van der Waals surface area (Å²) in [5.41, 5.74) is 0. The summed E-state index contributed by atoms with van der Waals surface area (Å²) in [6.45, 7) is 3.23. The minimum atomic E-state index is -3.90. The highest BCUT2D eigenvalue weighted by Crippen LogP contribution is 2.17. The maximum absolute atomic E-state index is 11.6. The van der Waals surface area contributed by atoms with Crippen LogP contribution in [0.3, 0.4) is 0 Å². The highest BCUT2D eigenvalue weighted by atomic mass is 32.2. The van der Waals surface area contributed by atoms with Gasteiger partial charge in [-0.2, -0.15) is 8.42 Å². The Morgan fingerprint density at radius 3 is 1.71 bits per heavy atom. The fourth-order valence-corrected chi connectivity index (χ4v) is 2.90. The Balaban J connectivity index is 3.15. The normalized spacial score (nSPS) is 21.6. The number of carbonyl (C=O) groups excluding carboxylic acids is 2. The van der Waals surface area contributed by atoms with Crippen LogP contribution in [0.5, 0.6) is 0 Å². The van der Waals surface area contributed by atoms with E-state index in [9.17, 15) is 18.0 Å². The molecule has 6 nitrogen and oxygen atoms in total. The average molecular weight is 220 g/mol. The summed E-state index contributed by atoms with van der Waals surface area (Å²) in [7, 11) is -3.90. The maximum Gasteiger partial charge on any atom is 0.330 e. The van der Waals surface area contributed by atoms with Crippen LogP contribution in [-0.2, 0) is 19.8 Å². The number of carbonyl (C=O) groups is 2. The summed E-state index contributed by atoms with van der Waals surface area (Å²) in [6, 6.07) is 0. The molecule has 1 heterocycles. The SMILES string of the molecule is CCN1C(=O)CC(=O)N(CC)S1(=O)=O. The zero-order valence-electron chi connectivity index (χ0n) is 8.06. The molecule has 0 unspecified atom stereocenters. The summed E-state index contributed by atoms with van der Waals surface area (Å²) in [6.07, 6.45) is -0.360. The molecule has 7 heteroatoms. The van der Waals surface area contributed by atoms with E-state index in [1.165, 1.54) is 0 Å². The lowest BCUT2D eigenvalue weighted by Gasteiger charge is -2.32. The summed E-state index contributed by atoms with van der Waals surface area (Å²) in [5.74, 6) is -1.30. The van der Waals surface area contributed by atoms with E-state index in [1.807, 2.05) is 0 Å². The molecule has 0 aromatic heterocycles. The first-order chi connectivity index (χ1) is 6.45. The van der Waals surface area contributed by atoms with Gasteiger partial charge in [-0.3, -0.25) is 9.59 Å². The standard InChI is InChI=1S/C7H12N2O4S/c1-3-8-6(10)5-7(11)9(4-2)14(8,12)13/h3-5H2,1-2H3. The van der Waals surface area contributed by atoms with Gasteiger partial charge >= 0.3 is 10.2 Å². The van der Waals surface area contributed by atoms with E-state index >= 15 is 0 Å². The van der Waals surface area contributed by atoms with Gasteiger partial charge < -0.3 is 0 Å². The summed E-state index contributed by atoms with van der Waals surface area (Å²) >= 11 is 0. The first-order valence-corrected chi connectivity index (χ1v) is 5.70. The predicted octanol–water partition coefficient (Wildman–Crippen LogP) is -0.668. The lowest BCUT2D eigenvalue weighted by atomic mass is 10.3. The number of amides is 2. The number of rotatable bonds is 2. The van der Waals surface area contributed by atoms with E-state index in [0.29, 0.717) is 0 Å². The molecule has 1 fully saturated rings. The van der Waals surface area contributed by atoms with Gasteiger partial charge in [0, 0.05) is 13.1 Å². The quantitative estimate of drug-likeness (QED) is 0.578. The van der Waals surface area contributed by atoms with Crippen molar-refractivity contribution in [3.8, 4) is 0 Å². The molecule has 1 rings (SSSR count). The van der Waals surface area contributed by atoms with Crippen molar-refractivity contribution in [2.75, 3.05) is 13.1 Å². The molecule has 0 aromatic carbocycles. The molecule has 80 valence electrons. The highest BCUT2D eigenvalue weighted by Gasteiger charge is 2.40. The molecule has 1 aliphatic rings. The van der Waals surface area contributed by atoms with Gasteiger partial charge in [-0.15, -0.1) is 0 Å². The van der Waals surface area contributed by atoms with Crippen molar-refractivity contribution in [3.05, 3.63) is 0 Å². The van der Waals surface area contributed by atoms with Crippen LogP contribution in [0.4, 0.5) is 0 Å². The van der Waals surface area contributed by atoms with Gasteiger partial charge in [-0.1, -0.05) is 0 Å². The molecule has 1 saturated heterocycles. The van der Waals surface area contributed by atoms with Gasteiger partial charge in [0.2, 0.25) is 11.8 Å². The Morgan fingerprint density at radius 2 is 1.43 bits per heavy atom. The van der Waals surface area contributed by atoms with Crippen molar-refractivity contribution in [1.29, 1.82) is 0 Å². The minimum absolute atomic E-state index is 0.0605. The number of nitrogens with zero attached hydrogens (tertiary/aromatic N) is 2. The van der Waals surface area contributed by atoms with Gasteiger partial charge in [0.25, 0.3) is 0 Å². The zero-order valence-corrected chi connectivity index (χ0v) is 8.87. The summed E-state index contributed by atoms with van der Waals surface area (Å²) in [4.78, 5) is 22.4. The van der Waals surface area contributed by atoms with E-state index < -0.39 is 22.0 Å². The van der Waals surface area contributed by atoms with Crippen molar-refractivity contribution in [2.24, 2.45) is 0 Å². The molecule has 14 heavy (non-hydrogen) atoms. The Morgan fingerprint density at radius 1 is 1.07 bits per heavy atom. The Hall–Kier alpha value is -1.11. The molecule has 0 atom stereocenters. The van der Waals surface area contributed by atoms with Gasteiger partial charge in [-0.05, 0) is 13.8 Å². The Labute approximate surface area is 82.7 Å². The van der Waals surface area contributed by atoms with Gasteiger partial charge in [-0.25, -0.2) is 8.61 Å². The van der Waals surface area contributed by atoms with Crippen molar-refractivity contribution in [1.82, 2.24) is 8.61 Å². The monoisotopic (exact) mass is 220 g/mol. The Bertz CT molecular complexity index is 334. The fourth-order valence-electron chi connectivity index (χ4n) is 1.36. The predicted molar refractivity (Wildman–Crippen MR) is 48.3 cm³/mol. The Kier molecular flexibility index (Phi) is 2.79. The largest absolute Gasteiger partial charge is 0.330 e. The van der Waals surface area contributed by atoms with E-state index in [0.717, 1.165) is 8.61 Å². The maximum atomic E-state index is 11.6. The van der Waals surface area contributed by atoms with E-state index in [-0.39, 0.29) is 19.5 Å². The van der Waals surface area contributed by atoms with Crippen molar-refractivity contribution in [2.45, 2.75) is 20.3 Å². The molecule has 1 aliphatic heterocycles. The van der Waals surface area contributed by atoms with Crippen LogP contribution in [0.1, 0.15) is 20.3 Å².